The van der Waals surface area contributed by atoms with Gasteiger partial charge in [-0.05, 0) is 56.4 Å². The topological polar surface area (TPSA) is 15.3 Å². The van der Waals surface area contributed by atoms with Crippen LogP contribution in [0.4, 0.5) is 0 Å². The van der Waals surface area contributed by atoms with Crippen molar-refractivity contribution in [2.75, 3.05) is 38.2 Å². The Hall–Kier alpha value is -0.0300. The average molecular weight is 343 g/mol. The van der Waals surface area contributed by atoms with Crippen molar-refractivity contribution in [2.45, 2.75) is 18.9 Å². The molecule has 0 aromatic heterocycles. The summed E-state index contributed by atoms with van der Waals surface area (Å²) in [4.78, 5) is 2.61. The predicted molar refractivity (Wildman–Crippen MR) is 88.9 cm³/mol. The third-order valence-corrected chi connectivity index (χ3v) is 5.19. The maximum Gasteiger partial charge on any atom is 0.0330 e. The van der Waals surface area contributed by atoms with E-state index in [2.05, 4.69) is 69.2 Å². The van der Waals surface area contributed by atoms with Crippen LogP contribution >= 0.6 is 27.7 Å². The van der Waals surface area contributed by atoms with Gasteiger partial charge in [-0.25, -0.2) is 0 Å². The van der Waals surface area contributed by atoms with Crippen molar-refractivity contribution < 1.29 is 0 Å². The lowest BCUT2D eigenvalue weighted by atomic mass is 10.0. The van der Waals surface area contributed by atoms with Gasteiger partial charge in [-0.1, -0.05) is 28.1 Å². The van der Waals surface area contributed by atoms with Crippen molar-refractivity contribution in [1.29, 1.82) is 0 Å². The van der Waals surface area contributed by atoms with Gasteiger partial charge in [0.15, 0.2) is 0 Å². The summed E-state index contributed by atoms with van der Waals surface area (Å²) in [5, 5.41) is 3.45. The molecule has 4 heteroatoms. The second-order valence-corrected chi connectivity index (χ2v) is 7.13. The Morgan fingerprint density at radius 1 is 1.37 bits per heavy atom. The van der Waals surface area contributed by atoms with Gasteiger partial charge in [0.1, 0.15) is 0 Å². The molecule has 0 saturated carbocycles. The summed E-state index contributed by atoms with van der Waals surface area (Å²) in [7, 11) is 2.06. The zero-order valence-corrected chi connectivity index (χ0v) is 14.0. The highest BCUT2D eigenvalue weighted by Gasteiger charge is 2.13. The highest BCUT2D eigenvalue weighted by atomic mass is 79.9. The number of hydrogen-bond acceptors (Lipinski definition) is 3. The van der Waals surface area contributed by atoms with E-state index in [9.17, 15) is 0 Å². The van der Waals surface area contributed by atoms with E-state index in [1.54, 1.807) is 0 Å². The number of rotatable bonds is 5. The predicted octanol–water partition coefficient (Wildman–Crippen LogP) is 3.54. The molecule has 106 valence electrons. The highest BCUT2D eigenvalue weighted by Crippen LogP contribution is 2.21. The van der Waals surface area contributed by atoms with E-state index in [-0.39, 0.29) is 0 Å². The fourth-order valence-corrected chi connectivity index (χ4v) is 3.88. The first-order valence-corrected chi connectivity index (χ1v) is 8.97. The van der Waals surface area contributed by atoms with Crippen molar-refractivity contribution >= 4 is 27.7 Å². The fourth-order valence-electron chi connectivity index (χ4n) is 2.53. The SMILES string of the molecule is CNC(CCN1CCCSCC1)c1cccc(Br)c1. The fraction of sp³-hybridized carbons (Fsp3) is 0.600. The zero-order valence-electron chi connectivity index (χ0n) is 11.6. The van der Waals surface area contributed by atoms with Crippen LogP contribution in [0.1, 0.15) is 24.4 Å². The standard InChI is InChI=1S/C15H23BrN2S/c1-17-15(13-4-2-5-14(16)12-13)6-8-18-7-3-10-19-11-9-18/h2,4-5,12,15,17H,3,6-11H2,1H3. The molecule has 1 unspecified atom stereocenters. The van der Waals surface area contributed by atoms with Gasteiger partial charge in [-0.2, -0.15) is 11.8 Å². The molecule has 0 spiro atoms. The molecule has 1 N–H and O–H groups in total. The van der Waals surface area contributed by atoms with Crippen molar-refractivity contribution in [1.82, 2.24) is 10.2 Å². The van der Waals surface area contributed by atoms with Crippen LogP contribution in [0, 0.1) is 0 Å². The molecular formula is C15H23BrN2S. The van der Waals surface area contributed by atoms with Gasteiger partial charge in [0.2, 0.25) is 0 Å². The van der Waals surface area contributed by atoms with E-state index in [4.69, 9.17) is 0 Å². The van der Waals surface area contributed by atoms with Crippen LogP contribution in [0.3, 0.4) is 0 Å². The molecule has 2 nitrogen and oxygen atoms in total. The first-order chi connectivity index (χ1) is 9.29. The number of nitrogens with one attached hydrogen (secondary N) is 1. The summed E-state index contributed by atoms with van der Waals surface area (Å²) in [5.74, 6) is 2.62. The molecule has 1 fully saturated rings. The molecule has 0 radical (unpaired) electrons. The number of hydrogen-bond donors (Lipinski definition) is 1. The number of thioether (sulfide) groups is 1. The van der Waals surface area contributed by atoms with Crippen LogP contribution in [0.15, 0.2) is 28.7 Å². The van der Waals surface area contributed by atoms with Crippen LogP contribution in [0.2, 0.25) is 0 Å². The number of halogens is 1. The lowest BCUT2D eigenvalue weighted by molar-refractivity contribution is 0.277. The van der Waals surface area contributed by atoms with Gasteiger partial charge in [-0.3, -0.25) is 0 Å². The van der Waals surface area contributed by atoms with Crippen LogP contribution in [-0.2, 0) is 0 Å². The van der Waals surface area contributed by atoms with Gasteiger partial charge in [0.05, 0.1) is 0 Å². The number of benzene rings is 1. The van der Waals surface area contributed by atoms with Gasteiger partial charge >= 0.3 is 0 Å². The molecule has 1 saturated heterocycles. The van der Waals surface area contributed by atoms with Crippen molar-refractivity contribution in [3.63, 3.8) is 0 Å². The Bertz CT molecular complexity index is 378. The quantitative estimate of drug-likeness (QED) is 0.880. The van der Waals surface area contributed by atoms with E-state index in [0.717, 1.165) is 4.47 Å². The third kappa shape index (κ3) is 5.10. The second-order valence-electron chi connectivity index (χ2n) is 4.99. The summed E-state index contributed by atoms with van der Waals surface area (Å²) in [5.41, 5.74) is 1.38. The molecule has 0 bridgehead atoms. The van der Waals surface area contributed by atoms with E-state index in [1.807, 2.05) is 0 Å². The minimum atomic E-state index is 0.452. The Balaban J connectivity index is 1.88. The minimum Gasteiger partial charge on any atom is -0.313 e. The van der Waals surface area contributed by atoms with Crippen molar-refractivity contribution in [3.8, 4) is 0 Å². The zero-order chi connectivity index (χ0) is 13.5. The van der Waals surface area contributed by atoms with E-state index in [0.29, 0.717) is 6.04 Å². The Morgan fingerprint density at radius 2 is 2.26 bits per heavy atom. The Morgan fingerprint density at radius 3 is 3.05 bits per heavy atom. The van der Waals surface area contributed by atoms with Gasteiger partial charge < -0.3 is 10.2 Å². The lowest BCUT2D eigenvalue weighted by Gasteiger charge is -2.23. The third-order valence-electron chi connectivity index (χ3n) is 3.65. The molecule has 1 aromatic rings. The monoisotopic (exact) mass is 342 g/mol. The van der Waals surface area contributed by atoms with Gasteiger partial charge in [-0.15, -0.1) is 0 Å². The molecule has 1 heterocycles. The normalized spacial score (nSPS) is 19.1. The molecule has 1 aromatic carbocycles. The number of nitrogens with zero attached hydrogens (tertiary/aromatic N) is 1. The highest BCUT2D eigenvalue weighted by molar-refractivity contribution is 9.10. The molecule has 1 aliphatic rings. The smallest absolute Gasteiger partial charge is 0.0330 e. The maximum atomic E-state index is 3.56. The van der Waals surface area contributed by atoms with Crippen molar-refractivity contribution in [2.24, 2.45) is 0 Å². The molecule has 0 amide bonds. The van der Waals surface area contributed by atoms with Crippen LogP contribution in [0.25, 0.3) is 0 Å². The first kappa shape index (κ1) is 15.4. The molecule has 19 heavy (non-hydrogen) atoms. The van der Waals surface area contributed by atoms with Gasteiger partial charge in [0.25, 0.3) is 0 Å². The van der Waals surface area contributed by atoms with Crippen LogP contribution in [0.5, 0.6) is 0 Å². The summed E-state index contributed by atoms with van der Waals surface area (Å²) in [6.45, 7) is 3.71. The molecule has 1 aliphatic heterocycles. The van der Waals surface area contributed by atoms with Crippen molar-refractivity contribution in [3.05, 3.63) is 34.3 Å². The summed E-state index contributed by atoms with van der Waals surface area (Å²) in [6, 6.07) is 9.09. The van der Waals surface area contributed by atoms with Crippen LogP contribution < -0.4 is 5.32 Å². The Kier molecular flexibility index (Phi) is 6.71. The largest absolute Gasteiger partial charge is 0.313 e. The molecular weight excluding hydrogens is 320 g/mol. The Labute approximate surface area is 129 Å². The molecule has 1 atom stereocenters. The first-order valence-electron chi connectivity index (χ1n) is 7.02. The van der Waals surface area contributed by atoms with E-state index < -0.39 is 0 Å². The summed E-state index contributed by atoms with van der Waals surface area (Å²) in [6.07, 6.45) is 2.52. The second kappa shape index (κ2) is 8.30. The average Bonchev–Trinajstić information content (AvgIpc) is 2.68. The molecule has 0 aliphatic carbocycles. The molecule has 2 rings (SSSR count). The van der Waals surface area contributed by atoms with Gasteiger partial charge in [0, 0.05) is 22.8 Å². The minimum absolute atomic E-state index is 0.452. The maximum absolute atomic E-state index is 3.56. The van der Waals surface area contributed by atoms with E-state index >= 15 is 0 Å². The van der Waals surface area contributed by atoms with Crippen LogP contribution in [-0.4, -0.2) is 43.1 Å². The summed E-state index contributed by atoms with van der Waals surface area (Å²) >= 11 is 5.65. The lowest BCUT2D eigenvalue weighted by Crippen LogP contribution is -2.30. The van der Waals surface area contributed by atoms with E-state index in [1.165, 1.54) is 49.5 Å². The summed E-state index contributed by atoms with van der Waals surface area (Å²) < 4.78 is 1.16.